The number of nitrogens with zero attached hydrogens (tertiary/aromatic N) is 1. The van der Waals surface area contributed by atoms with Crippen LogP contribution in [0.4, 0.5) is 0 Å². The fraction of sp³-hybridized carbons (Fsp3) is 0.350. The van der Waals surface area contributed by atoms with Crippen molar-refractivity contribution in [3.63, 3.8) is 0 Å². The minimum Gasteiger partial charge on any atom is -0.496 e. The predicted molar refractivity (Wildman–Crippen MR) is 97.7 cm³/mol. The zero-order chi connectivity index (χ0) is 17.7. The highest BCUT2D eigenvalue weighted by Crippen LogP contribution is 2.27. The van der Waals surface area contributed by atoms with Gasteiger partial charge in [-0.05, 0) is 45.6 Å². The van der Waals surface area contributed by atoms with Crippen LogP contribution in [0.2, 0.25) is 0 Å². The van der Waals surface area contributed by atoms with E-state index in [1.807, 2.05) is 70.4 Å². The summed E-state index contributed by atoms with van der Waals surface area (Å²) in [5.74, 6) is 0.784. The number of benzene rings is 2. The number of nitrogens with one attached hydrogen (secondary N) is 1. The van der Waals surface area contributed by atoms with Gasteiger partial charge in [0.05, 0.1) is 13.2 Å². The molecule has 2 aromatic carbocycles. The summed E-state index contributed by atoms with van der Waals surface area (Å²) in [7, 11) is 5.67. The average Bonchev–Trinajstić information content (AvgIpc) is 2.55. The second-order valence-electron chi connectivity index (χ2n) is 6.25. The molecule has 0 aliphatic carbocycles. The normalized spacial score (nSPS) is 12.1. The fourth-order valence-corrected chi connectivity index (χ4v) is 2.87. The van der Waals surface area contributed by atoms with Crippen LogP contribution >= 0.6 is 0 Å². The number of carbonyl (C=O) groups excluding carboxylic acids is 1. The third-order valence-electron chi connectivity index (χ3n) is 4.20. The number of para-hydroxylation sites is 1. The topological polar surface area (TPSA) is 41.6 Å². The third kappa shape index (κ3) is 4.15. The van der Waals surface area contributed by atoms with Crippen LogP contribution in [0, 0.1) is 13.8 Å². The molecule has 0 saturated heterocycles. The predicted octanol–water partition coefficient (Wildman–Crippen LogP) is 3.34. The van der Waals surface area contributed by atoms with Gasteiger partial charge in [-0.1, -0.05) is 35.9 Å². The largest absolute Gasteiger partial charge is 0.496 e. The first-order valence-corrected chi connectivity index (χ1v) is 8.08. The van der Waals surface area contributed by atoms with Crippen LogP contribution < -0.4 is 10.1 Å². The number of rotatable bonds is 6. The van der Waals surface area contributed by atoms with Crippen LogP contribution in [-0.2, 0) is 0 Å². The fourth-order valence-electron chi connectivity index (χ4n) is 2.87. The summed E-state index contributed by atoms with van der Waals surface area (Å²) in [5, 5.41) is 3.05. The summed E-state index contributed by atoms with van der Waals surface area (Å²) in [6.07, 6.45) is 0. The number of hydrogen-bond acceptors (Lipinski definition) is 3. The molecule has 0 saturated carbocycles. The number of likely N-dealkylation sites (N-methyl/N-ethyl adjacent to an activating group) is 1. The molecular formula is C20H26N2O2. The average molecular weight is 326 g/mol. The smallest absolute Gasteiger partial charge is 0.251 e. The van der Waals surface area contributed by atoms with Gasteiger partial charge in [0, 0.05) is 17.7 Å². The van der Waals surface area contributed by atoms with Gasteiger partial charge in [-0.25, -0.2) is 0 Å². The molecule has 0 aliphatic heterocycles. The maximum absolute atomic E-state index is 12.5. The van der Waals surface area contributed by atoms with E-state index in [9.17, 15) is 4.79 Å². The van der Waals surface area contributed by atoms with E-state index < -0.39 is 0 Å². The molecule has 1 unspecified atom stereocenters. The first-order valence-electron chi connectivity index (χ1n) is 8.08. The monoisotopic (exact) mass is 326 g/mol. The van der Waals surface area contributed by atoms with Crippen LogP contribution in [0.5, 0.6) is 5.75 Å². The SMILES string of the molecule is COc1ccccc1C(CNC(=O)c1ccc(C)cc1C)N(C)C. The van der Waals surface area contributed by atoms with Crippen molar-refractivity contribution >= 4 is 5.91 Å². The number of amides is 1. The van der Waals surface area contributed by atoms with Gasteiger partial charge in [-0.3, -0.25) is 4.79 Å². The molecule has 4 heteroatoms. The van der Waals surface area contributed by atoms with Crippen LogP contribution in [-0.4, -0.2) is 38.6 Å². The molecule has 0 bridgehead atoms. The summed E-state index contributed by atoms with van der Waals surface area (Å²) in [6, 6.07) is 13.8. The van der Waals surface area contributed by atoms with Gasteiger partial charge in [0.2, 0.25) is 0 Å². The Kier molecular flexibility index (Phi) is 5.99. The van der Waals surface area contributed by atoms with E-state index in [0.717, 1.165) is 28.0 Å². The Morgan fingerprint density at radius 3 is 2.50 bits per heavy atom. The summed E-state index contributed by atoms with van der Waals surface area (Å²) in [6.45, 7) is 4.50. The summed E-state index contributed by atoms with van der Waals surface area (Å²) >= 11 is 0. The zero-order valence-corrected chi connectivity index (χ0v) is 15.1. The van der Waals surface area contributed by atoms with Gasteiger partial charge >= 0.3 is 0 Å². The van der Waals surface area contributed by atoms with E-state index in [1.54, 1.807) is 7.11 Å². The van der Waals surface area contributed by atoms with Crippen molar-refractivity contribution in [2.24, 2.45) is 0 Å². The molecular weight excluding hydrogens is 300 g/mol. The molecule has 0 fully saturated rings. The van der Waals surface area contributed by atoms with Gasteiger partial charge in [-0.15, -0.1) is 0 Å². The van der Waals surface area contributed by atoms with Crippen LogP contribution in [0.3, 0.4) is 0 Å². The number of ether oxygens (including phenoxy) is 1. The molecule has 24 heavy (non-hydrogen) atoms. The Hall–Kier alpha value is -2.33. The standard InChI is InChI=1S/C20H26N2O2/c1-14-10-11-16(15(2)12-14)20(23)21-13-18(22(3)4)17-8-6-7-9-19(17)24-5/h6-12,18H,13H2,1-5H3,(H,21,23). The minimum atomic E-state index is -0.0470. The molecule has 128 valence electrons. The molecule has 1 atom stereocenters. The number of aryl methyl sites for hydroxylation is 2. The van der Waals surface area contributed by atoms with Crippen molar-refractivity contribution in [3.05, 3.63) is 64.7 Å². The maximum Gasteiger partial charge on any atom is 0.251 e. The lowest BCUT2D eigenvalue weighted by molar-refractivity contribution is 0.0941. The highest BCUT2D eigenvalue weighted by Gasteiger charge is 2.19. The minimum absolute atomic E-state index is 0.0378. The van der Waals surface area contributed by atoms with E-state index >= 15 is 0 Å². The Labute approximate surface area is 144 Å². The number of carbonyl (C=O) groups is 1. The summed E-state index contributed by atoms with van der Waals surface area (Å²) < 4.78 is 5.46. The van der Waals surface area contributed by atoms with Crippen LogP contribution in [0.1, 0.15) is 33.1 Å². The molecule has 2 rings (SSSR count). The molecule has 1 N–H and O–H groups in total. The van der Waals surface area contributed by atoms with Gasteiger partial charge in [0.1, 0.15) is 5.75 Å². The van der Waals surface area contributed by atoms with Crippen molar-refractivity contribution in [2.45, 2.75) is 19.9 Å². The number of hydrogen-bond donors (Lipinski definition) is 1. The highest BCUT2D eigenvalue weighted by molar-refractivity contribution is 5.95. The van der Waals surface area contributed by atoms with Crippen molar-refractivity contribution < 1.29 is 9.53 Å². The Morgan fingerprint density at radius 1 is 1.17 bits per heavy atom. The van der Waals surface area contributed by atoms with E-state index in [1.165, 1.54) is 0 Å². The van der Waals surface area contributed by atoms with E-state index in [4.69, 9.17) is 4.74 Å². The molecule has 4 nitrogen and oxygen atoms in total. The molecule has 0 heterocycles. The first-order chi connectivity index (χ1) is 11.4. The van der Waals surface area contributed by atoms with Gasteiger partial charge in [-0.2, -0.15) is 0 Å². The van der Waals surface area contributed by atoms with Gasteiger partial charge < -0.3 is 15.0 Å². The molecule has 1 amide bonds. The second kappa shape index (κ2) is 7.97. The maximum atomic E-state index is 12.5. The molecule has 0 aromatic heterocycles. The van der Waals surface area contributed by atoms with E-state index in [2.05, 4.69) is 10.2 Å². The third-order valence-corrected chi connectivity index (χ3v) is 4.20. The Morgan fingerprint density at radius 2 is 1.88 bits per heavy atom. The highest BCUT2D eigenvalue weighted by atomic mass is 16.5. The van der Waals surface area contributed by atoms with E-state index in [0.29, 0.717) is 6.54 Å². The van der Waals surface area contributed by atoms with E-state index in [-0.39, 0.29) is 11.9 Å². The van der Waals surface area contributed by atoms with Crippen LogP contribution in [0.25, 0.3) is 0 Å². The molecule has 2 aromatic rings. The summed E-state index contributed by atoms with van der Waals surface area (Å²) in [4.78, 5) is 14.6. The van der Waals surface area contributed by atoms with Crippen molar-refractivity contribution in [1.82, 2.24) is 10.2 Å². The molecule has 0 spiro atoms. The Balaban J connectivity index is 2.16. The lowest BCUT2D eigenvalue weighted by Gasteiger charge is -2.26. The second-order valence-corrected chi connectivity index (χ2v) is 6.25. The zero-order valence-electron chi connectivity index (χ0n) is 15.1. The van der Waals surface area contributed by atoms with Crippen molar-refractivity contribution in [1.29, 1.82) is 0 Å². The quantitative estimate of drug-likeness (QED) is 0.885. The lowest BCUT2D eigenvalue weighted by Crippen LogP contribution is -2.35. The van der Waals surface area contributed by atoms with Crippen molar-refractivity contribution in [3.8, 4) is 5.75 Å². The first kappa shape index (κ1) is 18.0. The van der Waals surface area contributed by atoms with Crippen LogP contribution in [0.15, 0.2) is 42.5 Å². The molecule has 0 aliphatic rings. The molecule has 0 radical (unpaired) electrons. The van der Waals surface area contributed by atoms with Gasteiger partial charge in [0.15, 0.2) is 0 Å². The number of methoxy groups -OCH3 is 1. The Bertz CT molecular complexity index is 711. The summed E-state index contributed by atoms with van der Waals surface area (Å²) in [5.41, 5.74) is 3.93. The van der Waals surface area contributed by atoms with Gasteiger partial charge in [0.25, 0.3) is 5.91 Å². The lowest BCUT2D eigenvalue weighted by atomic mass is 10.0. The van der Waals surface area contributed by atoms with Crippen molar-refractivity contribution in [2.75, 3.05) is 27.7 Å².